The van der Waals surface area contributed by atoms with Crippen LogP contribution in [0.25, 0.3) is 33.1 Å². The van der Waals surface area contributed by atoms with E-state index >= 15 is 4.39 Å². The van der Waals surface area contributed by atoms with Crippen molar-refractivity contribution in [1.29, 1.82) is 0 Å². The topological polar surface area (TPSA) is 42.8 Å². The fourth-order valence-corrected chi connectivity index (χ4v) is 4.37. The first kappa shape index (κ1) is 19.9. The average molecular weight is 423 g/mol. The van der Waals surface area contributed by atoms with E-state index in [-0.39, 0.29) is 11.9 Å². The minimum absolute atomic E-state index is 0.0356. The van der Waals surface area contributed by atoms with Crippen LogP contribution in [0.4, 0.5) is 10.1 Å². The van der Waals surface area contributed by atoms with Crippen molar-refractivity contribution in [3.63, 3.8) is 0 Å². The summed E-state index contributed by atoms with van der Waals surface area (Å²) in [7, 11) is 3.73. The van der Waals surface area contributed by atoms with Gasteiger partial charge in [0.15, 0.2) is 0 Å². The molecule has 2 aromatic carbocycles. The Morgan fingerprint density at radius 1 is 1.06 bits per heavy atom. The van der Waals surface area contributed by atoms with Gasteiger partial charge in [-0.2, -0.15) is 4.73 Å². The SMILES string of the molecule is COc1cccc2c3cn(OC(C)C)c4cc(N5CCN(C)CC5)c(F)cc4c-3nc12. The van der Waals surface area contributed by atoms with Crippen LogP contribution in [0.3, 0.4) is 0 Å². The first-order valence-corrected chi connectivity index (χ1v) is 10.7. The molecule has 0 radical (unpaired) electrons. The Hall–Kier alpha value is -3.06. The molecule has 0 aliphatic carbocycles. The van der Waals surface area contributed by atoms with Crippen LogP contribution in [-0.4, -0.2) is 61.1 Å². The van der Waals surface area contributed by atoms with E-state index in [0.29, 0.717) is 11.4 Å². The van der Waals surface area contributed by atoms with Gasteiger partial charge in [-0.3, -0.25) is 0 Å². The smallest absolute Gasteiger partial charge is 0.147 e. The quantitative estimate of drug-likeness (QED) is 0.497. The van der Waals surface area contributed by atoms with E-state index in [1.165, 1.54) is 0 Å². The largest absolute Gasteiger partial charge is 0.494 e. The Bertz CT molecular complexity index is 1230. The van der Waals surface area contributed by atoms with Crippen molar-refractivity contribution in [3.05, 3.63) is 42.3 Å². The summed E-state index contributed by atoms with van der Waals surface area (Å²) in [5.41, 5.74) is 3.84. The number of hydrogen-bond donors (Lipinski definition) is 0. The van der Waals surface area contributed by atoms with E-state index in [0.717, 1.165) is 59.2 Å². The highest BCUT2D eigenvalue weighted by atomic mass is 19.1. The van der Waals surface area contributed by atoms with Crippen molar-refractivity contribution in [2.75, 3.05) is 45.2 Å². The number of para-hydroxylation sites is 1. The fourth-order valence-electron chi connectivity index (χ4n) is 4.37. The van der Waals surface area contributed by atoms with Crippen LogP contribution in [0.15, 0.2) is 36.5 Å². The third-order valence-electron chi connectivity index (χ3n) is 5.96. The summed E-state index contributed by atoms with van der Waals surface area (Å²) >= 11 is 0. The molecule has 0 spiro atoms. The summed E-state index contributed by atoms with van der Waals surface area (Å²) in [5, 5.41) is 1.69. The molecule has 0 N–H and O–H groups in total. The molecule has 162 valence electrons. The molecule has 6 nitrogen and oxygen atoms in total. The second kappa shape index (κ2) is 7.57. The number of aromatic nitrogens is 2. The number of pyridine rings is 1. The summed E-state index contributed by atoms with van der Waals surface area (Å²) in [5.74, 6) is 0.465. The van der Waals surface area contributed by atoms with Crippen molar-refractivity contribution >= 4 is 27.5 Å². The van der Waals surface area contributed by atoms with Crippen LogP contribution in [0.5, 0.6) is 5.75 Å². The molecular formula is C24H27FN4O2. The number of methoxy groups -OCH3 is 1. The molecule has 0 saturated carbocycles. The minimum Gasteiger partial charge on any atom is -0.494 e. The van der Waals surface area contributed by atoms with Crippen LogP contribution in [0.2, 0.25) is 0 Å². The van der Waals surface area contributed by atoms with Gasteiger partial charge in [-0.25, -0.2) is 9.37 Å². The molecule has 3 aliphatic heterocycles. The van der Waals surface area contributed by atoms with Gasteiger partial charge in [0, 0.05) is 42.5 Å². The number of hydrogen-bond acceptors (Lipinski definition) is 5. The minimum atomic E-state index is -0.236. The van der Waals surface area contributed by atoms with E-state index in [4.69, 9.17) is 14.6 Å². The maximum absolute atomic E-state index is 15.4. The molecule has 0 amide bonds. The Morgan fingerprint density at radius 3 is 2.55 bits per heavy atom. The number of anilines is 1. The zero-order valence-corrected chi connectivity index (χ0v) is 18.4. The monoisotopic (exact) mass is 422 g/mol. The highest BCUT2D eigenvalue weighted by Gasteiger charge is 2.24. The highest BCUT2D eigenvalue weighted by molar-refractivity contribution is 6.08. The molecule has 1 saturated heterocycles. The lowest BCUT2D eigenvalue weighted by molar-refractivity contribution is 0.0677. The number of fused-ring (bicyclic) bond motifs is 5. The average Bonchev–Trinajstić information content (AvgIpc) is 3.13. The van der Waals surface area contributed by atoms with Crippen molar-refractivity contribution in [1.82, 2.24) is 14.6 Å². The van der Waals surface area contributed by atoms with Gasteiger partial charge < -0.3 is 19.4 Å². The zero-order valence-electron chi connectivity index (χ0n) is 18.4. The predicted molar refractivity (Wildman–Crippen MR) is 122 cm³/mol. The van der Waals surface area contributed by atoms with Gasteiger partial charge in [0.25, 0.3) is 0 Å². The van der Waals surface area contributed by atoms with Crippen molar-refractivity contribution in [2.24, 2.45) is 0 Å². The number of benzene rings is 2. The van der Waals surface area contributed by atoms with Crippen molar-refractivity contribution in [3.8, 4) is 17.0 Å². The van der Waals surface area contributed by atoms with Crippen molar-refractivity contribution < 1.29 is 14.0 Å². The number of rotatable bonds is 4. The molecular weight excluding hydrogens is 395 g/mol. The van der Waals surface area contributed by atoms with Crippen LogP contribution in [-0.2, 0) is 0 Å². The summed E-state index contributed by atoms with van der Waals surface area (Å²) in [6.45, 7) is 7.38. The standard InChI is InChI=1S/C24H27FN4O2/c1-15(2)31-29-14-18-16-6-5-7-22(30-4)24(16)26-23(18)17-12-19(25)21(13-20(17)29)28-10-8-27(3)9-11-28/h5-7,12-15H,8-11H2,1-4H3. The molecule has 0 atom stereocenters. The van der Waals surface area contributed by atoms with Gasteiger partial charge in [-0.05, 0) is 39.1 Å². The maximum atomic E-state index is 15.4. The predicted octanol–water partition coefficient (Wildman–Crippen LogP) is 4.03. The number of nitrogens with zero attached hydrogens (tertiary/aromatic N) is 4. The second-order valence-corrected chi connectivity index (χ2v) is 8.45. The Kier molecular flexibility index (Phi) is 4.85. The molecule has 31 heavy (non-hydrogen) atoms. The third-order valence-corrected chi connectivity index (χ3v) is 5.96. The first-order valence-electron chi connectivity index (χ1n) is 10.7. The first-order chi connectivity index (χ1) is 15.0. The summed E-state index contributed by atoms with van der Waals surface area (Å²) in [6.07, 6.45) is 1.92. The Morgan fingerprint density at radius 2 is 1.84 bits per heavy atom. The number of ether oxygens (including phenoxy) is 1. The molecule has 3 heterocycles. The molecule has 7 heteroatoms. The van der Waals surface area contributed by atoms with Crippen LogP contribution < -0.4 is 14.5 Å². The van der Waals surface area contributed by atoms with Crippen LogP contribution in [0.1, 0.15) is 13.8 Å². The summed E-state index contributed by atoms with van der Waals surface area (Å²) in [6, 6.07) is 9.34. The van der Waals surface area contributed by atoms with Gasteiger partial charge in [-0.1, -0.05) is 12.1 Å². The van der Waals surface area contributed by atoms with Gasteiger partial charge in [0.1, 0.15) is 23.2 Å². The van der Waals surface area contributed by atoms with Gasteiger partial charge in [0.05, 0.1) is 30.2 Å². The molecule has 0 bridgehead atoms. The zero-order chi connectivity index (χ0) is 21.7. The van der Waals surface area contributed by atoms with Crippen LogP contribution in [0, 0.1) is 5.82 Å². The molecule has 0 unspecified atom stereocenters. The normalized spacial score (nSPS) is 15.5. The maximum Gasteiger partial charge on any atom is 0.147 e. The lowest BCUT2D eigenvalue weighted by Gasteiger charge is -2.34. The molecule has 2 aromatic rings. The number of piperazine rings is 1. The lowest BCUT2D eigenvalue weighted by Crippen LogP contribution is -2.44. The van der Waals surface area contributed by atoms with E-state index in [1.54, 1.807) is 17.9 Å². The Labute approximate surface area is 181 Å². The second-order valence-electron chi connectivity index (χ2n) is 8.45. The van der Waals surface area contributed by atoms with Crippen LogP contribution >= 0.6 is 0 Å². The van der Waals surface area contributed by atoms with Gasteiger partial charge in [-0.15, -0.1) is 0 Å². The van der Waals surface area contributed by atoms with Gasteiger partial charge >= 0.3 is 0 Å². The summed E-state index contributed by atoms with van der Waals surface area (Å²) < 4.78 is 22.6. The number of halogens is 1. The summed E-state index contributed by atoms with van der Waals surface area (Å²) in [4.78, 5) is 15.3. The van der Waals surface area contributed by atoms with E-state index in [2.05, 4.69) is 16.8 Å². The highest BCUT2D eigenvalue weighted by Crippen LogP contribution is 2.41. The number of likely N-dealkylation sites (N-methyl/N-ethyl adjacent to an activating group) is 1. The molecule has 0 aromatic heterocycles. The van der Waals surface area contributed by atoms with E-state index in [9.17, 15) is 0 Å². The van der Waals surface area contributed by atoms with Crippen molar-refractivity contribution in [2.45, 2.75) is 20.0 Å². The molecule has 3 aliphatic rings. The van der Waals surface area contributed by atoms with Gasteiger partial charge in [0.2, 0.25) is 0 Å². The molecule has 5 rings (SSSR count). The molecule has 1 fully saturated rings. The van der Waals surface area contributed by atoms with E-state index < -0.39 is 0 Å². The fraction of sp³-hybridized carbons (Fsp3) is 0.375. The third kappa shape index (κ3) is 3.33. The van der Waals surface area contributed by atoms with E-state index in [1.807, 2.05) is 44.3 Å². The lowest BCUT2D eigenvalue weighted by atomic mass is 10.0. The Balaban J connectivity index is 1.77.